The Bertz CT molecular complexity index is 839. The van der Waals surface area contributed by atoms with E-state index in [0.29, 0.717) is 10.7 Å². The number of benzene rings is 1. The Balaban J connectivity index is 2.02. The summed E-state index contributed by atoms with van der Waals surface area (Å²) in [7, 11) is 0. The summed E-state index contributed by atoms with van der Waals surface area (Å²) in [4.78, 5) is 38.4. The first-order chi connectivity index (χ1) is 11.0. The summed E-state index contributed by atoms with van der Waals surface area (Å²) in [6.07, 6.45) is 1.51. The van der Waals surface area contributed by atoms with E-state index in [9.17, 15) is 14.4 Å². The van der Waals surface area contributed by atoms with E-state index in [0.717, 1.165) is 15.3 Å². The quantitative estimate of drug-likeness (QED) is 0.669. The number of imide groups is 2. The monoisotopic (exact) mass is 346 g/mol. The minimum atomic E-state index is -0.776. The van der Waals surface area contributed by atoms with E-state index in [2.05, 4.69) is 5.32 Å². The number of carbonyl (C=O) groups excluding carboxylic acids is 3. The van der Waals surface area contributed by atoms with E-state index in [1.165, 1.54) is 17.4 Å². The van der Waals surface area contributed by atoms with Crippen molar-refractivity contribution in [3.63, 3.8) is 0 Å². The topological polar surface area (TPSA) is 66.5 Å². The molecular formula is C16H11ClN2O3S. The molecule has 0 aliphatic carbocycles. The van der Waals surface area contributed by atoms with Gasteiger partial charge in [0.1, 0.15) is 5.57 Å². The maximum atomic E-state index is 12.6. The fraction of sp³-hybridized carbons (Fsp3) is 0.0625. The Morgan fingerprint density at radius 2 is 1.83 bits per heavy atom. The smallest absolute Gasteiger partial charge is 0.273 e. The third-order valence-corrected chi connectivity index (χ3v) is 4.58. The number of hydrogen-bond acceptors (Lipinski definition) is 4. The van der Waals surface area contributed by atoms with Gasteiger partial charge >= 0.3 is 6.03 Å². The van der Waals surface area contributed by atoms with Crippen molar-refractivity contribution >= 4 is 52.5 Å². The molecule has 23 heavy (non-hydrogen) atoms. The van der Waals surface area contributed by atoms with E-state index in [1.807, 2.05) is 18.4 Å². The number of rotatable bonds is 2. The Labute approximate surface area is 141 Å². The molecule has 3 rings (SSSR count). The van der Waals surface area contributed by atoms with Crippen molar-refractivity contribution in [1.82, 2.24) is 5.32 Å². The third kappa shape index (κ3) is 2.91. The van der Waals surface area contributed by atoms with Crippen molar-refractivity contribution in [3.05, 3.63) is 56.7 Å². The summed E-state index contributed by atoms with van der Waals surface area (Å²) in [6, 6.07) is 7.35. The highest BCUT2D eigenvalue weighted by molar-refractivity contribution is 7.11. The van der Waals surface area contributed by atoms with E-state index in [-0.39, 0.29) is 5.57 Å². The van der Waals surface area contributed by atoms with Gasteiger partial charge in [-0.1, -0.05) is 11.6 Å². The van der Waals surface area contributed by atoms with Gasteiger partial charge in [-0.2, -0.15) is 0 Å². The van der Waals surface area contributed by atoms with Gasteiger partial charge < -0.3 is 0 Å². The maximum Gasteiger partial charge on any atom is 0.335 e. The molecule has 0 atom stereocenters. The lowest BCUT2D eigenvalue weighted by molar-refractivity contribution is -0.122. The number of aryl methyl sites for hydroxylation is 1. The van der Waals surface area contributed by atoms with Gasteiger partial charge in [-0.3, -0.25) is 14.9 Å². The zero-order valence-electron chi connectivity index (χ0n) is 12.0. The fourth-order valence-electron chi connectivity index (χ4n) is 2.15. The molecule has 1 aliphatic rings. The molecule has 5 nitrogen and oxygen atoms in total. The first-order valence-electron chi connectivity index (χ1n) is 6.68. The summed E-state index contributed by atoms with van der Waals surface area (Å²) in [6.45, 7) is 1.89. The third-order valence-electron chi connectivity index (χ3n) is 3.36. The van der Waals surface area contributed by atoms with E-state index in [4.69, 9.17) is 11.6 Å². The van der Waals surface area contributed by atoms with Crippen LogP contribution < -0.4 is 10.2 Å². The molecule has 1 fully saturated rings. The first kappa shape index (κ1) is 15.5. The first-order valence-corrected chi connectivity index (χ1v) is 7.94. The number of hydrogen-bond donors (Lipinski definition) is 1. The number of halogens is 1. The number of amides is 4. The average Bonchev–Trinajstić information content (AvgIpc) is 2.90. The summed E-state index contributed by atoms with van der Waals surface area (Å²) in [5.41, 5.74) is 1.22. The molecule has 116 valence electrons. The molecule has 0 bridgehead atoms. The minimum absolute atomic E-state index is 0.0786. The molecule has 2 heterocycles. The number of carbonyl (C=O) groups is 3. The largest absolute Gasteiger partial charge is 0.335 e. The van der Waals surface area contributed by atoms with Crippen LogP contribution in [0.2, 0.25) is 5.02 Å². The number of nitrogens with zero attached hydrogens (tertiary/aromatic N) is 1. The van der Waals surface area contributed by atoms with Crippen molar-refractivity contribution in [3.8, 4) is 0 Å². The van der Waals surface area contributed by atoms with Crippen LogP contribution in [0.15, 0.2) is 41.3 Å². The van der Waals surface area contributed by atoms with Crippen LogP contribution in [0.5, 0.6) is 0 Å². The molecule has 0 radical (unpaired) electrons. The van der Waals surface area contributed by atoms with Gasteiger partial charge in [0.25, 0.3) is 11.8 Å². The Hall–Kier alpha value is -2.44. The van der Waals surface area contributed by atoms with Crippen LogP contribution in [0.3, 0.4) is 0 Å². The lowest BCUT2D eigenvalue weighted by Crippen LogP contribution is -2.54. The SMILES string of the molecule is Cc1ccsc1/C=C1\C(=O)NC(=O)N(c2ccc(Cl)cc2)C1=O. The van der Waals surface area contributed by atoms with Crippen LogP contribution in [-0.4, -0.2) is 17.8 Å². The van der Waals surface area contributed by atoms with Crippen LogP contribution >= 0.6 is 22.9 Å². The number of thiophene rings is 1. The zero-order valence-corrected chi connectivity index (χ0v) is 13.6. The van der Waals surface area contributed by atoms with Crippen LogP contribution in [0.1, 0.15) is 10.4 Å². The van der Waals surface area contributed by atoms with Gasteiger partial charge in [0.15, 0.2) is 0 Å². The number of anilines is 1. The highest BCUT2D eigenvalue weighted by atomic mass is 35.5. The molecule has 4 amide bonds. The van der Waals surface area contributed by atoms with Crippen LogP contribution in [0, 0.1) is 6.92 Å². The van der Waals surface area contributed by atoms with Crippen LogP contribution in [0.4, 0.5) is 10.5 Å². The fourth-order valence-corrected chi connectivity index (χ4v) is 3.13. The van der Waals surface area contributed by atoms with Crippen molar-refractivity contribution in [1.29, 1.82) is 0 Å². The minimum Gasteiger partial charge on any atom is -0.273 e. The number of barbiturate groups is 1. The van der Waals surface area contributed by atoms with E-state index < -0.39 is 17.8 Å². The van der Waals surface area contributed by atoms with E-state index in [1.54, 1.807) is 24.3 Å². The standard InChI is InChI=1S/C16H11ClN2O3S/c1-9-6-7-23-13(9)8-12-14(20)18-16(22)19(15(12)21)11-4-2-10(17)3-5-11/h2-8H,1H3,(H,18,20,22)/b12-8+. The molecule has 0 unspecified atom stereocenters. The van der Waals surface area contributed by atoms with Crippen molar-refractivity contribution in [2.45, 2.75) is 6.92 Å². The van der Waals surface area contributed by atoms with Crippen LogP contribution in [0.25, 0.3) is 6.08 Å². The predicted octanol–water partition coefficient (Wildman–Crippen LogP) is 3.38. The van der Waals surface area contributed by atoms with Gasteiger partial charge in [0.05, 0.1) is 5.69 Å². The van der Waals surface area contributed by atoms with Gasteiger partial charge in [-0.25, -0.2) is 9.69 Å². The summed E-state index contributed by atoms with van der Waals surface area (Å²) in [5, 5.41) is 4.54. The molecule has 7 heteroatoms. The molecule has 1 N–H and O–H groups in total. The molecule has 1 aliphatic heterocycles. The maximum absolute atomic E-state index is 12.6. The summed E-state index contributed by atoms with van der Waals surface area (Å²) >= 11 is 7.24. The molecule has 1 saturated heterocycles. The van der Waals surface area contributed by atoms with Gasteiger partial charge in [-0.15, -0.1) is 11.3 Å². The molecule has 0 spiro atoms. The highest BCUT2D eigenvalue weighted by Gasteiger charge is 2.36. The second-order valence-electron chi connectivity index (χ2n) is 4.90. The lowest BCUT2D eigenvalue weighted by atomic mass is 10.1. The Kier molecular flexibility index (Phi) is 4.02. The van der Waals surface area contributed by atoms with Crippen molar-refractivity contribution in [2.75, 3.05) is 4.90 Å². The van der Waals surface area contributed by atoms with Crippen LogP contribution in [-0.2, 0) is 9.59 Å². The lowest BCUT2D eigenvalue weighted by Gasteiger charge is -2.26. The molecule has 1 aromatic carbocycles. The second kappa shape index (κ2) is 5.98. The summed E-state index contributed by atoms with van der Waals surface area (Å²) < 4.78 is 0. The summed E-state index contributed by atoms with van der Waals surface area (Å²) in [5.74, 6) is -1.35. The Morgan fingerprint density at radius 1 is 1.13 bits per heavy atom. The Morgan fingerprint density at radius 3 is 2.43 bits per heavy atom. The molecular weight excluding hydrogens is 336 g/mol. The highest BCUT2D eigenvalue weighted by Crippen LogP contribution is 2.25. The van der Waals surface area contributed by atoms with Gasteiger partial charge in [-0.05, 0) is 54.3 Å². The zero-order chi connectivity index (χ0) is 16.6. The molecule has 2 aromatic rings. The predicted molar refractivity (Wildman–Crippen MR) is 89.5 cm³/mol. The van der Waals surface area contributed by atoms with Gasteiger partial charge in [0, 0.05) is 9.90 Å². The number of urea groups is 1. The van der Waals surface area contributed by atoms with E-state index >= 15 is 0 Å². The normalized spacial score (nSPS) is 16.9. The van der Waals surface area contributed by atoms with Gasteiger partial charge in [0.2, 0.25) is 0 Å². The molecule has 1 aromatic heterocycles. The molecule has 0 saturated carbocycles. The second-order valence-corrected chi connectivity index (χ2v) is 6.29. The average molecular weight is 347 g/mol. The van der Waals surface area contributed by atoms with Crippen molar-refractivity contribution < 1.29 is 14.4 Å². The van der Waals surface area contributed by atoms with Crippen molar-refractivity contribution in [2.24, 2.45) is 0 Å². The number of nitrogens with one attached hydrogen (secondary N) is 1.